The Bertz CT molecular complexity index is 750. The molecule has 0 aliphatic rings. The van der Waals surface area contributed by atoms with Crippen LogP contribution < -0.4 is 0 Å². The van der Waals surface area contributed by atoms with Crippen LogP contribution in [0.2, 0.25) is 0 Å². The fraction of sp³-hybridized carbons (Fsp3) is 0. The molecule has 0 bridgehead atoms. The molecule has 20 heavy (non-hydrogen) atoms. The van der Waals surface area contributed by atoms with Crippen molar-refractivity contribution in [1.82, 2.24) is 0 Å². The minimum absolute atomic E-state index is 0.286. The third kappa shape index (κ3) is 2.61. The van der Waals surface area contributed by atoms with Crippen LogP contribution in [0.15, 0.2) is 77.3 Å². The number of hydrogen-bond acceptors (Lipinski definition) is 1. The first kappa shape index (κ1) is 12.9. The fourth-order valence-electron chi connectivity index (χ4n) is 2.25. The average molecular weight is 325 g/mol. The van der Waals surface area contributed by atoms with Gasteiger partial charge in [0, 0.05) is 4.47 Å². The molecule has 2 heteroatoms. The largest absolute Gasteiger partial charge is 0.508 e. The lowest BCUT2D eigenvalue weighted by Crippen LogP contribution is -1.82. The summed E-state index contributed by atoms with van der Waals surface area (Å²) in [6.45, 7) is 0. The highest BCUT2D eigenvalue weighted by molar-refractivity contribution is 9.10. The van der Waals surface area contributed by atoms with Gasteiger partial charge < -0.3 is 5.11 Å². The van der Waals surface area contributed by atoms with Gasteiger partial charge in [0.05, 0.1) is 0 Å². The van der Waals surface area contributed by atoms with E-state index >= 15 is 0 Å². The molecule has 3 aromatic rings. The molecular weight excluding hydrogens is 312 g/mol. The zero-order chi connectivity index (χ0) is 13.9. The van der Waals surface area contributed by atoms with Gasteiger partial charge >= 0.3 is 0 Å². The number of phenols is 1. The summed E-state index contributed by atoms with van der Waals surface area (Å²) < 4.78 is 1.08. The predicted octanol–water partition coefficient (Wildman–Crippen LogP) is 5.49. The lowest BCUT2D eigenvalue weighted by Gasteiger charge is -2.08. The summed E-state index contributed by atoms with van der Waals surface area (Å²) >= 11 is 3.59. The van der Waals surface area contributed by atoms with E-state index in [2.05, 4.69) is 40.2 Å². The zero-order valence-corrected chi connectivity index (χ0v) is 12.3. The maximum absolute atomic E-state index is 9.60. The topological polar surface area (TPSA) is 20.2 Å². The normalized spacial score (nSPS) is 10.4. The molecule has 0 aliphatic carbocycles. The lowest BCUT2D eigenvalue weighted by atomic mass is 9.99. The fourth-order valence-corrected chi connectivity index (χ4v) is 2.76. The predicted molar refractivity (Wildman–Crippen MR) is 86.7 cm³/mol. The molecule has 0 saturated heterocycles. The summed E-state index contributed by atoms with van der Waals surface area (Å²) in [4.78, 5) is 0. The smallest absolute Gasteiger partial charge is 0.116 e. The van der Waals surface area contributed by atoms with Crippen LogP contribution in [0.25, 0.3) is 22.3 Å². The second-order valence-corrected chi connectivity index (χ2v) is 5.47. The molecule has 0 atom stereocenters. The van der Waals surface area contributed by atoms with E-state index in [-0.39, 0.29) is 5.75 Å². The van der Waals surface area contributed by atoms with E-state index in [1.807, 2.05) is 36.4 Å². The standard InChI is InChI=1S/C18H13BrO/c19-18-10-2-1-9-17(18)15-7-3-5-13(11-15)14-6-4-8-16(20)12-14/h1-12,20H. The molecule has 98 valence electrons. The monoisotopic (exact) mass is 324 g/mol. The Morgan fingerprint density at radius 2 is 1.30 bits per heavy atom. The first-order valence-corrected chi connectivity index (χ1v) is 7.18. The molecule has 0 radical (unpaired) electrons. The van der Waals surface area contributed by atoms with Crippen LogP contribution in [-0.2, 0) is 0 Å². The highest BCUT2D eigenvalue weighted by Crippen LogP contribution is 2.31. The molecule has 0 fully saturated rings. The summed E-state index contributed by atoms with van der Waals surface area (Å²) in [5.74, 6) is 0.286. The Kier molecular flexibility index (Phi) is 3.57. The van der Waals surface area contributed by atoms with Gasteiger partial charge in [-0.05, 0) is 46.5 Å². The third-order valence-corrected chi connectivity index (χ3v) is 3.92. The van der Waals surface area contributed by atoms with Crippen molar-refractivity contribution in [1.29, 1.82) is 0 Å². The number of benzene rings is 3. The summed E-state index contributed by atoms with van der Waals surface area (Å²) in [6, 6.07) is 23.8. The quantitative estimate of drug-likeness (QED) is 0.661. The Morgan fingerprint density at radius 1 is 0.650 bits per heavy atom. The van der Waals surface area contributed by atoms with Gasteiger partial charge in [0.2, 0.25) is 0 Å². The second kappa shape index (κ2) is 5.51. The SMILES string of the molecule is Oc1cccc(-c2cccc(-c3ccccc3Br)c2)c1. The van der Waals surface area contributed by atoms with E-state index in [1.54, 1.807) is 12.1 Å². The zero-order valence-electron chi connectivity index (χ0n) is 10.8. The molecule has 0 unspecified atom stereocenters. The van der Waals surface area contributed by atoms with E-state index < -0.39 is 0 Å². The van der Waals surface area contributed by atoms with Gasteiger partial charge in [0.1, 0.15) is 5.75 Å². The molecule has 0 saturated carbocycles. The number of aromatic hydroxyl groups is 1. The second-order valence-electron chi connectivity index (χ2n) is 4.61. The van der Waals surface area contributed by atoms with E-state index in [0.717, 1.165) is 26.7 Å². The highest BCUT2D eigenvalue weighted by Gasteiger charge is 2.04. The minimum atomic E-state index is 0.286. The molecule has 0 heterocycles. The van der Waals surface area contributed by atoms with Gasteiger partial charge in [0.15, 0.2) is 0 Å². The molecule has 0 spiro atoms. The van der Waals surface area contributed by atoms with Crippen LogP contribution in [0.1, 0.15) is 0 Å². The number of rotatable bonds is 2. The summed E-state index contributed by atoms with van der Waals surface area (Å²) in [5, 5.41) is 9.60. The molecule has 0 aromatic heterocycles. The van der Waals surface area contributed by atoms with Crippen molar-refractivity contribution in [2.75, 3.05) is 0 Å². The van der Waals surface area contributed by atoms with Crippen LogP contribution in [-0.4, -0.2) is 5.11 Å². The highest BCUT2D eigenvalue weighted by atomic mass is 79.9. The summed E-state index contributed by atoms with van der Waals surface area (Å²) in [6.07, 6.45) is 0. The van der Waals surface area contributed by atoms with Crippen molar-refractivity contribution in [3.8, 4) is 28.0 Å². The van der Waals surface area contributed by atoms with Crippen molar-refractivity contribution >= 4 is 15.9 Å². The lowest BCUT2D eigenvalue weighted by molar-refractivity contribution is 0.475. The maximum Gasteiger partial charge on any atom is 0.116 e. The number of phenolic OH excluding ortho intramolecular Hbond substituents is 1. The molecule has 0 aliphatic heterocycles. The van der Waals surface area contributed by atoms with Crippen molar-refractivity contribution in [2.24, 2.45) is 0 Å². The van der Waals surface area contributed by atoms with Gasteiger partial charge in [-0.15, -0.1) is 0 Å². The Balaban J connectivity index is 2.09. The molecule has 0 amide bonds. The van der Waals surface area contributed by atoms with E-state index in [4.69, 9.17) is 0 Å². The van der Waals surface area contributed by atoms with E-state index in [1.165, 1.54) is 0 Å². The minimum Gasteiger partial charge on any atom is -0.508 e. The van der Waals surface area contributed by atoms with Gasteiger partial charge in [-0.1, -0.05) is 64.5 Å². The van der Waals surface area contributed by atoms with Gasteiger partial charge in [-0.25, -0.2) is 0 Å². The number of hydrogen-bond donors (Lipinski definition) is 1. The third-order valence-electron chi connectivity index (χ3n) is 3.23. The first-order valence-electron chi connectivity index (χ1n) is 6.38. The Morgan fingerprint density at radius 3 is 2.05 bits per heavy atom. The first-order chi connectivity index (χ1) is 9.74. The van der Waals surface area contributed by atoms with Crippen molar-refractivity contribution < 1.29 is 5.11 Å². The Hall–Kier alpha value is -2.06. The van der Waals surface area contributed by atoms with Crippen LogP contribution >= 0.6 is 15.9 Å². The summed E-state index contributed by atoms with van der Waals surface area (Å²) in [5.41, 5.74) is 4.42. The van der Waals surface area contributed by atoms with Crippen molar-refractivity contribution in [3.63, 3.8) is 0 Å². The van der Waals surface area contributed by atoms with E-state index in [0.29, 0.717) is 0 Å². The van der Waals surface area contributed by atoms with Crippen LogP contribution in [0.3, 0.4) is 0 Å². The summed E-state index contributed by atoms with van der Waals surface area (Å²) in [7, 11) is 0. The van der Waals surface area contributed by atoms with Crippen LogP contribution in [0, 0.1) is 0 Å². The maximum atomic E-state index is 9.60. The molecule has 3 aromatic carbocycles. The van der Waals surface area contributed by atoms with Crippen LogP contribution in [0.5, 0.6) is 5.75 Å². The van der Waals surface area contributed by atoms with Crippen LogP contribution in [0.4, 0.5) is 0 Å². The van der Waals surface area contributed by atoms with Crippen molar-refractivity contribution in [3.05, 3.63) is 77.3 Å². The van der Waals surface area contributed by atoms with E-state index in [9.17, 15) is 5.11 Å². The van der Waals surface area contributed by atoms with Gasteiger partial charge in [-0.2, -0.15) is 0 Å². The van der Waals surface area contributed by atoms with Gasteiger partial charge in [0.25, 0.3) is 0 Å². The Labute approximate surface area is 126 Å². The molecular formula is C18H13BrO. The molecule has 1 N–H and O–H groups in total. The molecule has 1 nitrogen and oxygen atoms in total. The average Bonchev–Trinajstić information content (AvgIpc) is 2.48. The molecule has 3 rings (SSSR count). The van der Waals surface area contributed by atoms with Gasteiger partial charge in [-0.3, -0.25) is 0 Å². The van der Waals surface area contributed by atoms with Crippen molar-refractivity contribution in [2.45, 2.75) is 0 Å². The number of halogens is 1.